The molecule has 1 aromatic carbocycles. The van der Waals surface area contributed by atoms with Crippen LogP contribution >= 0.6 is 15.9 Å². The zero-order valence-electron chi connectivity index (χ0n) is 11.5. The van der Waals surface area contributed by atoms with Crippen molar-refractivity contribution in [2.24, 2.45) is 0 Å². The van der Waals surface area contributed by atoms with Crippen molar-refractivity contribution in [3.63, 3.8) is 0 Å². The van der Waals surface area contributed by atoms with Gasteiger partial charge in [0.15, 0.2) is 0 Å². The summed E-state index contributed by atoms with van der Waals surface area (Å²) in [4.78, 5) is 25.2. The normalized spacial score (nSPS) is 11.2. The van der Waals surface area contributed by atoms with E-state index in [1.165, 1.54) is 18.7 Å². The number of hydrogen-bond donors (Lipinski definition) is 1. The molecular formula is C14H18BrNO3. The highest BCUT2D eigenvalue weighted by atomic mass is 79.9. The van der Waals surface area contributed by atoms with Gasteiger partial charge in [0, 0.05) is 16.6 Å². The van der Waals surface area contributed by atoms with Gasteiger partial charge in [-0.25, -0.2) is 4.79 Å². The predicted octanol–water partition coefficient (Wildman–Crippen LogP) is 3.08. The average molecular weight is 328 g/mol. The fourth-order valence-corrected chi connectivity index (χ4v) is 2.26. The van der Waals surface area contributed by atoms with E-state index in [0.717, 1.165) is 10.0 Å². The molecule has 0 spiro atoms. The number of carboxylic acid groups (broad SMARTS) is 1. The maximum absolute atomic E-state index is 12.5. The molecule has 0 heterocycles. The van der Waals surface area contributed by atoms with Crippen LogP contribution in [0.1, 0.15) is 36.7 Å². The molecule has 0 bridgehead atoms. The highest BCUT2D eigenvalue weighted by Crippen LogP contribution is 2.24. The Balaban J connectivity index is 3.24. The smallest absolute Gasteiger partial charge is 0.329 e. The number of carbonyl (C=O) groups is 2. The van der Waals surface area contributed by atoms with E-state index in [4.69, 9.17) is 0 Å². The van der Waals surface area contributed by atoms with Crippen molar-refractivity contribution in [3.8, 4) is 0 Å². The summed E-state index contributed by atoms with van der Waals surface area (Å²) in [5.74, 6) is -1.29. The second-order valence-corrected chi connectivity index (χ2v) is 5.68. The van der Waals surface area contributed by atoms with Crippen molar-refractivity contribution >= 4 is 27.8 Å². The van der Waals surface area contributed by atoms with Gasteiger partial charge in [-0.15, -0.1) is 0 Å². The molecule has 0 fully saturated rings. The average Bonchev–Trinajstić information content (AvgIpc) is 2.32. The van der Waals surface area contributed by atoms with E-state index in [1.54, 1.807) is 19.1 Å². The van der Waals surface area contributed by atoms with E-state index in [-0.39, 0.29) is 5.91 Å². The van der Waals surface area contributed by atoms with Gasteiger partial charge in [0.25, 0.3) is 5.91 Å². The fraction of sp³-hybridized carbons (Fsp3) is 0.429. The third-order valence-corrected chi connectivity index (χ3v) is 4.12. The van der Waals surface area contributed by atoms with Gasteiger partial charge in [-0.1, -0.05) is 22.0 Å². The Morgan fingerprint density at radius 3 is 2.42 bits per heavy atom. The third kappa shape index (κ3) is 2.97. The number of benzene rings is 1. The summed E-state index contributed by atoms with van der Waals surface area (Å²) in [6.07, 6.45) is 0. The molecule has 0 aliphatic heterocycles. The summed E-state index contributed by atoms with van der Waals surface area (Å²) in [6, 6.07) is 5.33. The van der Waals surface area contributed by atoms with Crippen molar-refractivity contribution in [2.45, 2.75) is 33.2 Å². The standard InChI is InChI=1S/C14H18BrNO3/c1-5-16(14(3,4)13(18)19)12(17)10-7-6-8-11(15)9(10)2/h6-8H,5H2,1-4H3,(H,18,19). The minimum Gasteiger partial charge on any atom is -0.480 e. The molecule has 0 atom stereocenters. The maximum atomic E-state index is 12.5. The lowest BCUT2D eigenvalue weighted by Gasteiger charge is -2.34. The van der Waals surface area contributed by atoms with Gasteiger partial charge < -0.3 is 10.0 Å². The van der Waals surface area contributed by atoms with E-state index in [9.17, 15) is 14.7 Å². The highest BCUT2D eigenvalue weighted by molar-refractivity contribution is 9.10. The summed E-state index contributed by atoms with van der Waals surface area (Å²) in [6.45, 7) is 7.01. The molecule has 1 amide bonds. The summed E-state index contributed by atoms with van der Waals surface area (Å²) in [5, 5.41) is 9.26. The molecule has 0 saturated carbocycles. The predicted molar refractivity (Wildman–Crippen MR) is 77.3 cm³/mol. The highest BCUT2D eigenvalue weighted by Gasteiger charge is 2.37. The van der Waals surface area contributed by atoms with Crippen LogP contribution in [0.2, 0.25) is 0 Å². The van der Waals surface area contributed by atoms with Crippen LogP contribution in [0.3, 0.4) is 0 Å². The number of rotatable bonds is 4. The Hall–Kier alpha value is -1.36. The second-order valence-electron chi connectivity index (χ2n) is 4.83. The van der Waals surface area contributed by atoms with E-state index in [1.807, 2.05) is 13.0 Å². The van der Waals surface area contributed by atoms with Gasteiger partial charge >= 0.3 is 5.97 Å². The molecule has 0 aliphatic carbocycles. The first-order chi connectivity index (χ1) is 8.73. The zero-order valence-corrected chi connectivity index (χ0v) is 13.1. The van der Waals surface area contributed by atoms with Crippen LogP contribution in [0.4, 0.5) is 0 Å². The van der Waals surface area contributed by atoms with Crippen LogP contribution in [0, 0.1) is 6.92 Å². The molecule has 1 N–H and O–H groups in total. The Bertz CT molecular complexity index is 511. The molecular weight excluding hydrogens is 310 g/mol. The first-order valence-corrected chi connectivity index (χ1v) is 6.83. The van der Waals surface area contributed by atoms with Crippen molar-refractivity contribution in [2.75, 3.05) is 6.54 Å². The van der Waals surface area contributed by atoms with Crippen LogP contribution in [0.5, 0.6) is 0 Å². The quantitative estimate of drug-likeness (QED) is 0.924. The largest absolute Gasteiger partial charge is 0.480 e. The summed E-state index contributed by atoms with van der Waals surface area (Å²) < 4.78 is 0.836. The van der Waals surface area contributed by atoms with Crippen molar-refractivity contribution in [1.29, 1.82) is 0 Å². The molecule has 0 aliphatic rings. The van der Waals surface area contributed by atoms with Crippen LogP contribution in [-0.4, -0.2) is 34.0 Å². The van der Waals surface area contributed by atoms with Crippen molar-refractivity contribution in [3.05, 3.63) is 33.8 Å². The minimum absolute atomic E-state index is 0.270. The number of halogens is 1. The van der Waals surface area contributed by atoms with E-state index in [0.29, 0.717) is 12.1 Å². The van der Waals surface area contributed by atoms with Gasteiger partial charge in [0.05, 0.1) is 0 Å². The molecule has 0 aromatic heterocycles. The van der Waals surface area contributed by atoms with E-state index < -0.39 is 11.5 Å². The maximum Gasteiger partial charge on any atom is 0.329 e. The monoisotopic (exact) mass is 327 g/mol. The molecule has 4 nitrogen and oxygen atoms in total. The van der Waals surface area contributed by atoms with Crippen molar-refractivity contribution < 1.29 is 14.7 Å². The summed E-state index contributed by atoms with van der Waals surface area (Å²) in [5.41, 5.74) is 0.0957. The minimum atomic E-state index is -1.24. The molecule has 104 valence electrons. The SMILES string of the molecule is CCN(C(=O)c1cccc(Br)c1C)C(C)(C)C(=O)O. The first-order valence-electron chi connectivity index (χ1n) is 6.04. The number of aliphatic carboxylic acids is 1. The first kappa shape index (κ1) is 15.7. The van der Waals surface area contributed by atoms with Gasteiger partial charge in [-0.05, 0) is 45.4 Å². The third-order valence-electron chi connectivity index (χ3n) is 3.26. The Morgan fingerprint density at radius 1 is 1.37 bits per heavy atom. The number of nitrogens with zero attached hydrogens (tertiary/aromatic N) is 1. The van der Waals surface area contributed by atoms with Crippen LogP contribution in [0.15, 0.2) is 22.7 Å². The number of carboxylic acids is 1. The van der Waals surface area contributed by atoms with Crippen LogP contribution < -0.4 is 0 Å². The number of carbonyl (C=O) groups excluding carboxylic acids is 1. The fourth-order valence-electron chi connectivity index (χ4n) is 1.89. The topological polar surface area (TPSA) is 57.6 Å². The van der Waals surface area contributed by atoms with Gasteiger partial charge in [0.2, 0.25) is 0 Å². The number of hydrogen-bond acceptors (Lipinski definition) is 2. The molecule has 0 saturated heterocycles. The lowest BCUT2D eigenvalue weighted by atomic mass is 10.00. The Kier molecular flexibility index (Phi) is 4.74. The summed E-state index contributed by atoms with van der Waals surface area (Å²) in [7, 11) is 0. The van der Waals surface area contributed by atoms with E-state index in [2.05, 4.69) is 15.9 Å². The van der Waals surface area contributed by atoms with E-state index >= 15 is 0 Å². The van der Waals surface area contributed by atoms with Crippen molar-refractivity contribution in [1.82, 2.24) is 4.90 Å². The Labute approximate surface area is 121 Å². The number of likely N-dealkylation sites (N-methyl/N-ethyl adjacent to an activating group) is 1. The lowest BCUT2D eigenvalue weighted by Crippen LogP contribution is -2.53. The Morgan fingerprint density at radius 2 is 1.95 bits per heavy atom. The molecule has 0 radical (unpaired) electrons. The zero-order chi connectivity index (χ0) is 14.8. The van der Waals surface area contributed by atoms with Gasteiger partial charge in [0.1, 0.15) is 5.54 Å². The van der Waals surface area contributed by atoms with Crippen LogP contribution in [0.25, 0.3) is 0 Å². The molecule has 19 heavy (non-hydrogen) atoms. The second kappa shape index (κ2) is 5.74. The lowest BCUT2D eigenvalue weighted by molar-refractivity contribution is -0.147. The number of amides is 1. The van der Waals surface area contributed by atoms with Gasteiger partial charge in [-0.2, -0.15) is 0 Å². The molecule has 5 heteroatoms. The molecule has 1 aromatic rings. The van der Waals surface area contributed by atoms with Crippen LogP contribution in [-0.2, 0) is 4.79 Å². The summed E-state index contributed by atoms with van der Waals surface area (Å²) >= 11 is 3.38. The molecule has 0 unspecified atom stereocenters. The molecule has 1 rings (SSSR count). The van der Waals surface area contributed by atoms with Gasteiger partial charge in [-0.3, -0.25) is 4.79 Å².